The van der Waals surface area contributed by atoms with Crippen LogP contribution >= 0.6 is 15.9 Å². The normalized spacial score (nSPS) is 10.8. The molecule has 0 saturated carbocycles. The lowest BCUT2D eigenvalue weighted by Crippen LogP contribution is -1.94. The van der Waals surface area contributed by atoms with Crippen LogP contribution in [0.25, 0.3) is 22.3 Å². The maximum absolute atomic E-state index is 4.71. The smallest absolute Gasteiger partial charge is 0.0922 e. The fraction of sp³-hybridized carbons (Fsp3) is 0.0667. The van der Waals surface area contributed by atoms with E-state index >= 15 is 0 Å². The van der Waals surface area contributed by atoms with E-state index in [0.717, 1.165) is 32.5 Å². The Bertz CT molecular complexity index is 708. The van der Waals surface area contributed by atoms with Gasteiger partial charge in [-0.15, -0.1) is 0 Å². The molecule has 88 valence electrons. The van der Waals surface area contributed by atoms with E-state index in [2.05, 4.69) is 33.0 Å². The number of aromatic nitrogens is 2. The average molecular weight is 299 g/mol. The summed E-state index contributed by atoms with van der Waals surface area (Å²) in [6.45, 7) is 2.00. The lowest BCUT2D eigenvalue weighted by Gasteiger charge is -2.06. The summed E-state index contributed by atoms with van der Waals surface area (Å²) in [7, 11) is 0. The Hall–Kier alpha value is -1.74. The largest absolute Gasteiger partial charge is 0.249 e. The summed E-state index contributed by atoms with van der Waals surface area (Å²) in [6.07, 6.45) is 0. The molecule has 0 aliphatic heterocycles. The van der Waals surface area contributed by atoms with Gasteiger partial charge in [-0.3, -0.25) is 0 Å². The third kappa shape index (κ3) is 2.02. The van der Waals surface area contributed by atoms with Gasteiger partial charge in [0, 0.05) is 10.0 Å². The van der Waals surface area contributed by atoms with Gasteiger partial charge in [0.05, 0.1) is 22.4 Å². The standard InChI is InChI=1S/C15H11BrN2/c1-10-15(11-5-3-2-4-6-11)18-14-9-12(16)7-8-13(14)17-10/h2-9H,1H3. The molecule has 0 unspecified atom stereocenters. The second-order valence-corrected chi connectivity index (χ2v) is 5.07. The molecule has 2 aromatic carbocycles. The zero-order valence-electron chi connectivity index (χ0n) is 9.89. The fourth-order valence-electron chi connectivity index (χ4n) is 1.99. The minimum Gasteiger partial charge on any atom is -0.249 e. The Labute approximate surface area is 114 Å². The van der Waals surface area contributed by atoms with Gasteiger partial charge < -0.3 is 0 Å². The molecular weight excluding hydrogens is 288 g/mol. The van der Waals surface area contributed by atoms with Crippen LogP contribution in [0.4, 0.5) is 0 Å². The second-order valence-electron chi connectivity index (χ2n) is 4.16. The van der Waals surface area contributed by atoms with Crippen molar-refractivity contribution in [1.82, 2.24) is 9.97 Å². The highest BCUT2D eigenvalue weighted by Gasteiger charge is 2.07. The molecule has 1 aromatic heterocycles. The van der Waals surface area contributed by atoms with Gasteiger partial charge in [0.25, 0.3) is 0 Å². The Morgan fingerprint density at radius 3 is 2.44 bits per heavy atom. The van der Waals surface area contributed by atoms with Gasteiger partial charge in [-0.1, -0.05) is 46.3 Å². The molecule has 18 heavy (non-hydrogen) atoms. The number of hydrogen-bond donors (Lipinski definition) is 0. The van der Waals surface area contributed by atoms with Gasteiger partial charge in [0.1, 0.15) is 0 Å². The predicted molar refractivity (Wildman–Crippen MR) is 77.4 cm³/mol. The lowest BCUT2D eigenvalue weighted by atomic mass is 10.1. The summed E-state index contributed by atoms with van der Waals surface area (Å²) < 4.78 is 1.02. The van der Waals surface area contributed by atoms with Gasteiger partial charge in [-0.05, 0) is 25.1 Å². The molecule has 0 radical (unpaired) electrons. The van der Waals surface area contributed by atoms with Crippen LogP contribution in [0.2, 0.25) is 0 Å². The van der Waals surface area contributed by atoms with E-state index < -0.39 is 0 Å². The van der Waals surface area contributed by atoms with Crippen molar-refractivity contribution in [1.29, 1.82) is 0 Å². The first kappa shape index (κ1) is 11.4. The van der Waals surface area contributed by atoms with Crippen LogP contribution in [0.3, 0.4) is 0 Å². The molecule has 0 spiro atoms. The van der Waals surface area contributed by atoms with Crippen molar-refractivity contribution in [3.63, 3.8) is 0 Å². The lowest BCUT2D eigenvalue weighted by molar-refractivity contribution is 1.19. The fourth-order valence-corrected chi connectivity index (χ4v) is 2.33. The summed E-state index contributed by atoms with van der Waals surface area (Å²) in [5.74, 6) is 0. The highest BCUT2D eigenvalue weighted by atomic mass is 79.9. The zero-order chi connectivity index (χ0) is 12.5. The molecule has 0 N–H and O–H groups in total. The Kier molecular flexibility index (Phi) is 2.84. The molecule has 0 aliphatic rings. The first-order chi connectivity index (χ1) is 8.74. The molecule has 3 rings (SSSR count). The summed E-state index contributed by atoms with van der Waals surface area (Å²) in [5, 5.41) is 0. The molecule has 0 bridgehead atoms. The van der Waals surface area contributed by atoms with Crippen molar-refractivity contribution >= 4 is 27.0 Å². The van der Waals surface area contributed by atoms with Crippen LogP contribution in [0.5, 0.6) is 0 Å². The van der Waals surface area contributed by atoms with Gasteiger partial charge in [0.2, 0.25) is 0 Å². The molecular formula is C15H11BrN2. The number of benzene rings is 2. The third-order valence-electron chi connectivity index (χ3n) is 2.85. The van der Waals surface area contributed by atoms with E-state index in [4.69, 9.17) is 4.98 Å². The van der Waals surface area contributed by atoms with Gasteiger partial charge in [0.15, 0.2) is 0 Å². The molecule has 0 amide bonds. The molecule has 0 saturated heterocycles. The molecule has 0 atom stereocenters. The molecule has 1 heterocycles. The predicted octanol–water partition coefficient (Wildman–Crippen LogP) is 4.37. The van der Waals surface area contributed by atoms with Crippen molar-refractivity contribution in [3.8, 4) is 11.3 Å². The first-order valence-corrected chi connectivity index (χ1v) is 6.53. The molecule has 0 aliphatic carbocycles. The van der Waals surface area contributed by atoms with E-state index in [1.807, 2.05) is 43.3 Å². The average Bonchev–Trinajstić information content (AvgIpc) is 2.39. The van der Waals surface area contributed by atoms with Crippen LogP contribution in [0.1, 0.15) is 5.69 Å². The number of fused-ring (bicyclic) bond motifs is 1. The molecule has 3 heteroatoms. The number of aryl methyl sites for hydroxylation is 1. The summed E-state index contributed by atoms with van der Waals surface area (Å²) >= 11 is 3.46. The van der Waals surface area contributed by atoms with Crippen molar-refractivity contribution in [2.75, 3.05) is 0 Å². The van der Waals surface area contributed by atoms with E-state index in [9.17, 15) is 0 Å². The maximum Gasteiger partial charge on any atom is 0.0922 e. The van der Waals surface area contributed by atoms with Gasteiger partial charge in [-0.2, -0.15) is 0 Å². The Morgan fingerprint density at radius 2 is 1.67 bits per heavy atom. The van der Waals surface area contributed by atoms with Gasteiger partial charge in [-0.25, -0.2) is 9.97 Å². The number of halogens is 1. The van der Waals surface area contributed by atoms with Crippen molar-refractivity contribution in [2.24, 2.45) is 0 Å². The van der Waals surface area contributed by atoms with Crippen molar-refractivity contribution < 1.29 is 0 Å². The van der Waals surface area contributed by atoms with Crippen molar-refractivity contribution in [2.45, 2.75) is 6.92 Å². The quantitative estimate of drug-likeness (QED) is 0.667. The van der Waals surface area contributed by atoms with Crippen LogP contribution in [0.15, 0.2) is 53.0 Å². The van der Waals surface area contributed by atoms with Crippen LogP contribution < -0.4 is 0 Å². The second kappa shape index (κ2) is 4.50. The topological polar surface area (TPSA) is 25.8 Å². The zero-order valence-corrected chi connectivity index (χ0v) is 11.5. The summed E-state index contributed by atoms with van der Waals surface area (Å²) in [6, 6.07) is 16.1. The van der Waals surface area contributed by atoms with Crippen LogP contribution in [0, 0.1) is 6.92 Å². The number of rotatable bonds is 1. The van der Waals surface area contributed by atoms with E-state index in [-0.39, 0.29) is 0 Å². The van der Waals surface area contributed by atoms with Crippen molar-refractivity contribution in [3.05, 3.63) is 58.7 Å². The number of nitrogens with zero attached hydrogens (tertiary/aromatic N) is 2. The van der Waals surface area contributed by atoms with E-state index in [1.54, 1.807) is 0 Å². The Balaban J connectivity index is 2.27. The summed E-state index contributed by atoms with van der Waals surface area (Å²) in [5.41, 5.74) is 4.84. The third-order valence-corrected chi connectivity index (χ3v) is 3.34. The molecule has 0 fully saturated rings. The first-order valence-electron chi connectivity index (χ1n) is 5.73. The Morgan fingerprint density at radius 1 is 0.889 bits per heavy atom. The van der Waals surface area contributed by atoms with Crippen LogP contribution in [-0.4, -0.2) is 9.97 Å². The van der Waals surface area contributed by atoms with Crippen LogP contribution in [-0.2, 0) is 0 Å². The minimum absolute atomic E-state index is 0.911. The molecule has 3 aromatic rings. The number of hydrogen-bond acceptors (Lipinski definition) is 2. The summed E-state index contributed by atoms with van der Waals surface area (Å²) in [4.78, 5) is 9.32. The van der Waals surface area contributed by atoms with E-state index in [1.165, 1.54) is 0 Å². The minimum atomic E-state index is 0.911. The highest BCUT2D eigenvalue weighted by Crippen LogP contribution is 2.24. The van der Waals surface area contributed by atoms with Gasteiger partial charge >= 0.3 is 0 Å². The monoisotopic (exact) mass is 298 g/mol. The maximum atomic E-state index is 4.71. The highest BCUT2D eigenvalue weighted by molar-refractivity contribution is 9.10. The molecule has 2 nitrogen and oxygen atoms in total. The SMILES string of the molecule is Cc1nc2ccc(Br)cc2nc1-c1ccccc1. The van der Waals surface area contributed by atoms with E-state index in [0.29, 0.717) is 0 Å².